The van der Waals surface area contributed by atoms with Crippen LogP contribution in [-0.4, -0.2) is 22.2 Å². The zero-order valence-corrected chi connectivity index (χ0v) is 6.09. The van der Waals surface area contributed by atoms with Gasteiger partial charge in [0.25, 0.3) is 0 Å². The zero-order valence-electron chi connectivity index (χ0n) is 5.33. The minimum absolute atomic E-state index is 0.118. The highest BCUT2D eigenvalue weighted by atomic mass is 35.5. The van der Waals surface area contributed by atoms with Crippen LogP contribution in [0.5, 0.6) is 0 Å². The van der Waals surface area contributed by atoms with Crippen molar-refractivity contribution in [1.82, 2.24) is 4.98 Å². The van der Waals surface area contributed by atoms with E-state index in [0.29, 0.717) is 0 Å². The molecule has 1 heterocycles. The summed E-state index contributed by atoms with van der Waals surface area (Å²) in [5.74, 6) is -0.826. The third-order valence-electron chi connectivity index (χ3n) is 1.08. The molecule has 0 bridgehead atoms. The molecule has 11 heavy (non-hydrogen) atoms. The van der Waals surface area contributed by atoms with E-state index in [9.17, 15) is 4.39 Å². The van der Waals surface area contributed by atoms with Gasteiger partial charge in [0.2, 0.25) is 0 Å². The maximum atomic E-state index is 12.6. The van der Waals surface area contributed by atoms with E-state index in [2.05, 4.69) is 4.98 Å². The summed E-state index contributed by atoms with van der Waals surface area (Å²) in [4.78, 5) is 3.37. The summed E-state index contributed by atoms with van der Waals surface area (Å²) in [6, 6.07) is 0.962. The van der Waals surface area contributed by atoms with Gasteiger partial charge in [0.1, 0.15) is 11.4 Å². The lowest BCUT2D eigenvalue weighted by Gasteiger charge is -1.98. The van der Waals surface area contributed by atoms with Crippen LogP contribution in [0.3, 0.4) is 0 Å². The predicted octanol–water partition coefficient (Wildman–Crippen LogP) is -0.446. The van der Waals surface area contributed by atoms with Crippen molar-refractivity contribution < 1.29 is 14.4 Å². The average molecular weight is 175 g/mol. The van der Waals surface area contributed by atoms with Gasteiger partial charge in [-0.25, -0.2) is 4.39 Å². The van der Waals surface area contributed by atoms with Gasteiger partial charge < -0.3 is 10.0 Å². The SMILES string of the molecule is OB(O)c1ncc(Cl)cc1F. The van der Waals surface area contributed by atoms with Crippen LogP contribution in [-0.2, 0) is 0 Å². The quantitative estimate of drug-likeness (QED) is 0.569. The van der Waals surface area contributed by atoms with Crippen LogP contribution in [0.1, 0.15) is 0 Å². The fourth-order valence-corrected chi connectivity index (χ4v) is 0.760. The van der Waals surface area contributed by atoms with Gasteiger partial charge in [0, 0.05) is 6.20 Å². The van der Waals surface area contributed by atoms with Crippen molar-refractivity contribution in [2.75, 3.05) is 0 Å². The lowest BCUT2D eigenvalue weighted by atomic mass is 9.85. The molecule has 1 aromatic heterocycles. The van der Waals surface area contributed by atoms with E-state index in [0.717, 1.165) is 12.3 Å². The van der Waals surface area contributed by atoms with E-state index in [1.807, 2.05) is 0 Å². The van der Waals surface area contributed by atoms with Crippen molar-refractivity contribution >= 4 is 24.3 Å². The second-order valence-corrected chi connectivity index (χ2v) is 2.33. The molecule has 0 unspecified atom stereocenters. The number of hydrogen-bond acceptors (Lipinski definition) is 3. The monoisotopic (exact) mass is 175 g/mol. The van der Waals surface area contributed by atoms with Gasteiger partial charge >= 0.3 is 7.12 Å². The van der Waals surface area contributed by atoms with Gasteiger partial charge in [-0.3, -0.25) is 4.98 Å². The number of hydrogen-bond donors (Lipinski definition) is 2. The second-order valence-electron chi connectivity index (χ2n) is 1.89. The maximum absolute atomic E-state index is 12.6. The summed E-state index contributed by atoms with van der Waals surface area (Å²) in [5.41, 5.74) is -0.422. The van der Waals surface area contributed by atoms with Gasteiger partial charge in [-0.1, -0.05) is 11.6 Å². The Labute approximate surface area is 67.6 Å². The van der Waals surface area contributed by atoms with Crippen LogP contribution in [0, 0.1) is 5.82 Å². The minimum atomic E-state index is -1.90. The first-order valence-corrected chi connectivity index (χ1v) is 3.16. The summed E-state index contributed by atoms with van der Waals surface area (Å²) in [7, 11) is -1.90. The molecule has 3 nitrogen and oxygen atoms in total. The number of pyridine rings is 1. The normalized spacial score (nSPS) is 9.82. The standard InChI is InChI=1S/C5H4BClFNO2/c7-3-1-4(8)5(6(10)11)9-2-3/h1-2,10-11H. The Kier molecular flexibility index (Phi) is 2.43. The number of aromatic nitrogens is 1. The largest absolute Gasteiger partial charge is 0.511 e. The van der Waals surface area contributed by atoms with E-state index in [1.165, 1.54) is 0 Å². The molecule has 2 N–H and O–H groups in total. The summed E-state index contributed by atoms with van der Waals surface area (Å²) < 4.78 is 12.6. The Morgan fingerprint density at radius 3 is 2.64 bits per heavy atom. The molecule has 0 aromatic carbocycles. The van der Waals surface area contributed by atoms with Gasteiger partial charge in [-0.2, -0.15) is 0 Å². The van der Waals surface area contributed by atoms with E-state index in [4.69, 9.17) is 21.6 Å². The van der Waals surface area contributed by atoms with Crippen LogP contribution in [0.2, 0.25) is 5.02 Å². The van der Waals surface area contributed by atoms with E-state index in [-0.39, 0.29) is 5.02 Å². The number of nitrogens with zero attached hydrogens (tertiary/aromatic N) is 1. The van der Waals surface area contributed by atoms with Gasteiger partial charge in [0.05, 0.1) is 5.02 Å². The molecule has 0 atom stereocenters. The van der Waals surface area contributed by atoms with Gasteiger partial charge in [0.15, 0.2) is 0 Å². The third kappa shape index (κ3) is 1.89. The van der Waals surface area contributed by atoms with E-state index < -0.39 is 18.5 Å². The third-order valence-corrected chi connectivity index (χ3v) is 1.29. The zero-order chi connectivity index (χ0) is 8.43. The summed E-state index contributed by atoms with van der Waals surface area (Å²) >= 11 is 5.36. The highest BCUT2D eigenvalue weighted by Crippen LogP contribution is 2.05. The molecule has 0 saturated heterocycles. The van der Waals surface area contributed by atoms with Crippen molar-refractivity contribution in [2.24, 2.45) is 0 Å². The fourth-order valence-electron chi connectivity index (χ4n) is 0.615. The molecule has 1 rings (SSSR count). The highest BCUT2D eigenvalue weighted by Gasteiger charge is 2.17. The van der Waals surface area contributed by atoms with Crippen molar-refractivity contribution in [3.8, 4) is 0 Å². The van der Waals surface area contributed by atoms with Crippen LogP contribution in [0.15, 0.2) is 12.3 Å². The fraction of sp³-hybridized carbons (Fsp3) is 0. The Hall–Kier alpha value is -0.645. The van der Waals surface area contributed by atoms with Crippen molar-refractivity contribution in [3.05, 3.63) is 23.1 Å². The molecule has 1 aromatic rings. The first-order valence-electron chi connectivity index (χ1n) is 2.78. The highest BCUT2D eigenvalue weighted by molar-refractivity contribution is 6.57. The summed E-state index contributed by atoms with van der Waals surface area (Å²) in [6.07, 6.45) is 1.14. The van der Waals surface area contributed by atoms with Crippen LogP contribution in [0.25, 0.3) is 0 Å². The lowest BCUT2D eigenvalue weighted by molar-refractivity contribution is 0.421. The number of rotatable bonds is 1. The smallest absolute Gasteiger partial charge is 0.422 e. The lowest BCUT2D eigenvalue weighted by Crippen LogP contribution is -2.35. The average Bonchev–Trinajstić information content (AvgIpc) is 1.85. The predicted molar refractivity (Wildman–Crippen MR) is 39.0 cm³/mol. The van der Waals surface area contributed by atoms with Crippen molar-refractivity contribution in [2.45, 2.75) is 0 Å². The molecule has 0 aliphatic rings. The Bertz CT molecular complexity index is 271. The molecule has 0 spiro atoms. The first-order chi connectivity index (χ1) is 5.11. The minimum Gasteiger partial charge on any atom is -0.422 e. The molecule has 0 amide bonds. The maximum Gasteiger partial charge on any atom is 0.511 e. The molecular weight excluding hydrogens is 171 g/mol. The molecule has 58 valence electrons. The molecule has 0 saturated carbocycles. The second kappa shape index (κ2) is 3.17. The molecule has 0 aliphatic carbocycles. The number of halogens is 2. The Morgan fingerprint density at radius 1 is 1.55 bits per heavy atom. The molecule has 6 heteroatoms. The van der Waals surface area contributed by atoms with Crippen LogP contribution in [0.4, 0.5) is 4.39 Å². The van der Waals surface area contributed by atoms with Crippen LogP contribution >= 0.6 is 11.6 Å². The molecule has 0 radical (unpaired) electrons. The Balaban J connectivity index is 3.09. The van der Waals surface area contributed by atoms with Crippen molar-refractivity contribution in [3.63, 3.8) is 0 Å². The van der Waals surface area contributed by atoms with E-state index in [1.54, 1.807) is 0 Å². The van der Waals surface area contributed by atoms with E-state index >= 15 is 0 Å². The summed E-state index contributed by atoms with van der Waals surface area (Å²) in [5, 5.41) is 17.1. The molecule has 0 fully saturated rings. The topological polar surface area (TPSA) is 53.4 Å². The first kappa shape index (κ1) is 8.45. The van der Waals surface area contributed by atoms with Crippen molar-refractivity contribution in [1.29, 1.82) is 0 Å². The molecular formula is C5H4BClFNO2. The van der Waals surface area contributed by atoms with Gasteiger partial charge in [-0.05, 0) is 6.07 Å². The summed E-state index contributed by atoms with van der Waals surface area (Å²) in [6.45, 7) is 0. The Morgan fingerprint density at radius 2 is 2.18 bits per heavy atom. The molecule has 0 aliphatic heterocycles. The van der Waals surface area contributed by atoms with Gasteiger partial charge in [-0.15, -0.1) is 0 Å². The van der Waals surface area contributed by atoms with Crippen LogP contribution < -0.4 is 5.59 Å².